The van der Waals surface area contributed by atoms with Crippen molar-refractivity contribution in [3.05, 3.63) is 0 Å². The van der Waals surface area contributed by atoms with Crippen LogP contribution in [-0.4, -0.2) is 46.2 Å². The molecule has 3 N–H and O–H groups in total. The lowest BCUT2D eigenvalue weighted by molar-refractivity contribution is 0.530. The van der Waals surface area contributed by atoms with Crippen molar-refractivity contribution in [2.24, 2.45) is 5.73 Å². The third-order valence-electron chi connectivity index (χ3n) is 2.66. The van der Waals surface area contributed by atoms with Gasteiger partial charge in [0.2, 0.25) is 10.0 Å². The Balaban J connectivity index is 2.65. The van der Waals surface area contributed by atoms with Crippen LogP contribution in [0.15, 0.2) is 0 Å². The minimum Gasteiger partial charge on any atom is -0.329 e. The number of sulfone groups is 1. The Bertz CT molecular complexity index is 415. The van der Waals surface area contributed by atoms with Crippen LogP contribution in [0.1, 0.15) is 19.8 Å². The van der Waals surface area contributed by atoms with Gasteiger partial charge in [-0.25, -0.2) is 21.6 Å². The topological polar surface area (TPSA) is 106 Å². The van der Waals surface area contributed by atoms with E-state index < -0.39 is 25.1 Å². The first kappa shape index (κ1) is 13.9. The Labute approximate surface area is 96.6 Å². The molecule has 1 aliphatic heterocycles. The minimum atomic E-state index is -3.44. The second-order valence-corrected chi connectivity index (χ2v) is 8.45. The second kappa shape index (κ2) is 4.99. The van der Waals surface area contributed by atoms with Gasteiger partial charge in [0, 0.05) is 12.6 Å². The van der Waals surface area contributed by atoms with Gasteiger partial charge in [0.15, 0.2) is 0 Å². The standard InChI is InChI=1S/C8H18N2O4S2/c1-7(6-9)10-16(13,14)8-2-4-15(11,12)5-3-8/h7-8,10H,2-6,9H2,1H3/t7-/m1/s1. The van der Waals surface area contributed by atoms with Crippen LogP contribution in [-0.2, 0) is 19.9 Å². The van der Waals surface area contributed by atoms with Crippen molar-refractivity contribution in [1.29, 1.82) is 0 Å². The lowest BCUT2D eigenvalue weighted by Gasteiger charge is -2.23. The predicted molar refractivity (Wildman–Crippen MR) is 62.2 cm³/mol. The van der Waals surface area contributed by atoms with Crippen molar-refractivity contribution >= 4 is 19.9 Å². The lowest BCUT2D eigenvalue weighted by Crippen LogP contribution is -2.45. The monoisotopic (exact) mass is 270 g/mol. The number of nitrogens with one attached hydrogen (secondary N) is 1. The summed E-state index contributed by atoms with van der Waals surface area (Å²) < 4.78 is 48.4. The highest BCUT2D eigenvalue weighted by atomic mass is 32.2. The van der Waals surface area contributed by atoms with E-state index >= 15 is 0 Å². The Kier molecular flexibility index (Phi) is 4.33. The van der Waals surface area contributed by atoms with E-state index in [9.17, 15) is 16.8 Å². The molecule has 0 radical (unpaired) electrons. The molecule has 1 fully saturated rings. The van der Waals surface area contributed by atoms with E-state index in [0.717, 1.165) is 0 Å². The van der Waals surface area contributed by atoms with Crippen LogP contribution < -0.4 is 10.5 Å². The van der Waals surface area contributed by atoms with Crippen molar-refractivity contribution in [3.63, 3.8) is 0 Å². The van der Waals surface area contributed by atoms with Crippen molar-refractivity contribution in [3.8, 4) is 0 Å². The Morgan fingerprint density at radius 2 is 1.88 bits per heavy atom. The fraction of sp³-hybridized carbons (Fsp3) is 1.00. The van der Waals surface area contributed by atoms with Gasteiger partial charge in [0.25, 0.3) is 0 Å². The summed E-state index contributed by atoms with van der Waals surface area (Å²) >= 11 is 0. The Hall–Kier alpha value is -0.180. The third-order valence-corrected chi connectivity index (χ3v) is 6.45. The number of hydrogen-bond acceptors (Lipinski definition) is 5. The van der Waals surface area contributed by atoms with Crippen molar-refractivity contribution in [2.45, 2.75) is 31.1 Å². The maximum atomic E-state index is 11.8. The fourth-order valence-electron chi connectivity index (χ4n) is 1.60. The van der Waals surface area contributed by atoms with Crippen molar-refractivity contribution in [2.75, 3.05) is 18.1 Å². The molecule has 0 aliphatic carbocycles. The fourth-order valence-corrected chi connectivity index (χ4v) is 5.10. The van der Waals surface area contributed by atoms with E-state index in [4.69, 9.17) is 5.73 Å². The van der Waals surface area contributed by atoms with Crippen molar-refractivity contribution in [1.82, 2.24) is 4.72 Å². The summed E-state index contributed by atoms with van der Waals surface area (Å²) in [7, 11) is -6.47. The van der Waals surface area contributed by atoms with Crippen LogP contribution in [0.25, 0.3) is 0 Å². The smallest absolute Gasteiger partial charge is 0.214 e. The molecular weight excluding hydrogens is 252 g/mol. The number of sulfonamides is 1. The molecule has 1 saturated heterocycles. The van der Waals surface area contributed by atoms with Crippen LogP contribution in [0, 0.1) is 0 Å². The molecule has 0 unspecified atom stereocenters. The van der Waals surface area contributed by atoms with Gasteiger partial charge >= 0.3 is 0 Å². The third kappa shape index (κ3) is 3.69. The molecule has 0 aromatic carbocycles. The summed E-state index contributed by atoms with van der Waals surface area (Å²) in [6, 6.07) is -0.316. The highest BCUT2D eigenvalue weighted by Gasteiger charge is 2.33. The van der Waals surface area contributed by atoms with Gasteiger partial charge in [-0.1, -0.05) is 0 Å². The van der Waals surface area contributed by atoms with Crippen LogP contribution >= 0.6 is 0 Å². The minimum absolute atomic E-state index is 0.0460. The molecule has 6 nitrogen and oxygen atoms in total. The van der Waals surface area contributed by atoms with Crippen LogP contribution in [0.5, 0.6) is 0 Å². The Morgan fingerprint density at radius 1 is 1.38 bits per heavy atom. The first-order chi connectivity index (χ1) is 7.27. The highest BCUT2D eigenvalue weighted by molar-refractivity contribution is 7.92. The second-order valence-electron chi connectivity index (χ2n) is 4.15. The van der Waals surface area contributed by atoms with Crippen LogP contribution in [0.4, 0.5) is 0 Å². The van der Waals surface area contributed by atoms with Crippen molar-refractivity contribution < 1.29 is 16.8 Å². The molecular formula is C8H18N2O4S2. The molecule has 1 aliphatic rings. The van der Waals surface area contributed by atoms with Gasteiger partial charge in [-0.3, -0.25) is 0 Å². The summed E-state index contributed by atoms with van der Waals surface area (Å²) in [6.07, 6.45) is 0.351. The van der Waals surface area contributed by atoms with E-state index in [-0.39, 0.29) is 36.9 Å². The summed E-state index contributed by atoms with van der Waals surface area (Å²) in [5.41, 5.74) is 5.33. The molecule has 0 spiro atoms. The quantitative estimate of drug-likeness (QED) is 0.669. The number of nitrogens with two attached hydrogens (primary N) is 1. The van der Waals surface area contributed by atoms with Gasteiger partial charge in [0.1, 0.15) is 9.84 Å². The molecule has 0 aromatic rings. The van der Waals surface area contributed by atoms with Gasteiger partial charge < -0.3 is 5.73 Å². The highest BCUT2D eigenvalue weighted by Crippen LogP contribution is 2.18. The average Bonchev–Trinajstić information content (AvgIpc) is 2.16. The molecule has 0 saturated carbocycles. The molecule has 0 bridgehead atoms. The van der Waals surface area contributed by atoms with Gasteiger partial charge in [-0.05, 0) is 19.8 Å². The first-order valence-corrected chi connectivity index (χ1v) is 8.55. The summed E-state index contributed by atoms with van der Waals surface area (Å²) in [6.45, 7) is 1.90. The average molecular weight is 270 g/mol. The molecule has 1 atom stereocenters. The molecule has 8 heteroatoms. The van der Waals surface area contributed by atoms with Gasteiger partial charge in [-0.2, -0.15) is 0 Å². The predicted octanol–water partition coefficient (Wildman–Crippen LogP) is -1.17. The van der Waals surface area contributed by atoms with Crippen LogP contribution in [0.2, 0.25) is 0 Å². The zero-order valence-corrected chi connectivity index (χ0v) is 10.9. The number of hydrogen-bond donors (Lipinski definition) is 2. The first-order valence-electron chi connectivity index (χ1n) is 5.18. The summed E-state index contributed by atoms with van der Waals surface area (Å²) in [5.74, 6) is -0.0921. The molecule has 1 heterocycles. The van der Waals surface area contributed by atoms with E-state index in [1.165, 1.54) is 0 Å². The number of rotatable bonds is 4. The zero-order chi connectivity index (χ0) is 12.4. The van der Waals surface area contributed by atoms with E-state index in [0.29, 0.717) is 0 Å². The molecule has 16 heavy (non-hydrogen) atoms. The molecule has 0 amide bonds. The van der Waals surface area contributed by atoms with Gasteiger partial charge in [0.05, 0.1) is 16.8 Å². The zero-order valence-electron chi connectivity index (χ0n) is 9.22. The maximum Gasteiger partial charge on any atom is 0.214 e. The molecule has 96 valence electrons. The van der Waals surface area contributed by atoms with Gasteiger partial charge in [-0.15, -0.1) is 0 Å². The molecule has 0 aromatic heterocycles. The maximum absolute atomic E-state index is 11.8. The molecule has 1 rings (SSSR count). The summed E-state index contributed by atoms with van der Waals surface area (Å²) in [4.78, 5) is 0. The lowest BCUT2D eigenvalue weighted by atomic mass is 10.2. The SMILES string of the molecule is C[C@H](CN)NS(=O)(=O)C1CCS(=O)(=O)CC1. The Morgan fingerprint density at radius 3 is 2.31 bits per heavy atom. The van der Waals surface area contributed by atoms with Crippen LogP contribution in [0.3, 0.4) is 0 Å². The summed E-state index contributed by atoms with van der Waals surface area (Å²) in [5, 5.41) is -0.606. The van der Waals surface area contributed by atoms with E-state index in [1.807, 2.05) is 0 Å². The largest absolute Gasteiger partial charge is 0.329 e. The normalized spacial score (nSPS) is 24.1. The van der Waals surface area contributed by atoms with E-state index in [1.54, 1.807) is 6.92 Å². The van der Waals surface area contributed by atoms with E-state index in [2.05, 4.69) is 4.72 Å².